The second-order valence-electron chi connectivity index (χ2n) is 6.94. The van der Waals surface area contributed by atoms with Crippen molar-refractivity contribution in [1.82, 2.24) is 0 Å². The van der Waals surface area contributed by atoms with Crippen LogP contribution in [-0.4, -0.2) is 23.6 Å². The summed E-state index contributed by atoms with van der Waals surface area (Å²) in [6, 6.07) is 3.85. The zero-order valence-corrected chi connectivity index (χ0v) is 14.9. The molecule has 3 nitrogen and oxygen atoms in total. The van der Waals surface area contributed by atoms with Gasteiger partial charge in [0.15, 0.2) is 0 Å². The molecule has 1 amide bonds. The van der Waals surface area contributed by atoms with Gasteiger partial charge in [-0.3, -0.25) is 9.59 Å². The van der Waals surface area contributed by atoms with E-state index in [4.69, 9.17) is 0 Å². The monoisotopic (exact) mass is 351 g/mol. The van der Waals surface area contributed by atoms with Crippen LogP contribution in [0.4, 0.5) is 5.69 Å². The van der Waals surface area contributed by atoms with Crippen LogP contribution < -0.4 is 4.90 Å². The summed E-state index contributed by atoms with van der Waals surface area (Å²) >= 11 is 3.54. The molecule has 0 saturated heterocycles. The van der Waals surface area contributed by atoms with E-state index in [9.17, 15) is 9.59 Å². The third kappa shape index (κ3) is 2.91. The minimum absolute atomic E-state index is 0.0637. The van der Waals surface area contributed by atoms with E-state index in [1.165, 1.54) is 0 Å². The van der Waals surface area contributed by atoms with Crippen molar-refractivity contribution in [2.24, 2.45) is 11.3 Å². The number of aryl methyl sites for hydroxylation is 2. The average Bonchev–Trinajstić information content (AvgIpc) is 2.59. The predicted octanol–water partition coefficient (Wildman–Crippen LogP) is 3.89. The van der Waals surface area contributed by atoms with Crippen LogP contribution in [0, 0.1) is 25.2 Å². The van der Waals surface area contributed by atoms with Gasteiger partial charge in [-0.25, -0.2) is 0 Å². The fourth-order valence-corrected chi connectivity index (χ4v) is 3.96. The van der Waals surface area contributed by atoms with Gasteiger partial charge in [-0.05, 0) is 42.4 Å². The van der Waals surface area contributed by atoms with Gasteiger partial charge in [0.05, 0.1) is 11.3 Å². The number of carbonyl (C=O) groups excluding carboxylic acids is 2. The Morgan fingerprint density at radius 2 is 1.81 bits per heavy atom. The lowest BCUT2D eigenvalue weighted by molar-refractivity contribution is -0.114. The molecule has 21 heavy (non-hydrogen) atoms. The van der Waals surface area contributed by atoms with Crippen LogP contribution in [0.2, 0.25) is 0 Å². The number of alkyl halides is 1. The number of amides is 1. The molecule has 0 saturated carbocycles. The first kappa shape index (κ1) is 16.2. The van der Waals surface area contributed by atoms with Gasteiger partial charge in [-0.2, -0.15) is 0 Å². The first-order valence-electron chi connectivity index (χ1n) is 7.20. The first-order valence-corrected chi connectivity index (χ1v) is 8.32. The highest BCUT2D eigenvalue weighted by Crippen LogP contribution is 2.36. The highest BCUT2D eigenvalue weighted by atomic mass is 79.9. The van der Waals surface area contributed by atoms with Crippen LogP contribution in [0.3, 0.4) is 0 Å². The van der Waals surface area contributed by atoms with E-state index >= 15 is 0 Å². The van der Waals surface area contributed by atoms with Crippen LogP contribution in [0.5, 0.6) is 0 Å². The van der Waals surface area contributed by atoms with Gasteiger partial charge in [0, 0.05) is 11.9 Å². The highest BCUT2D eigenvalue weighted by Gasteiger charge is 2.39. The first-order chi connectivity index (χ1) is 9.66. The molecule has 1 aliphatic heterocycles. The normalized spacial score (nSPS) is 16.4. The van der Waals surface area contributed by atoms with Crippen LogP contribution >= 0.6 is 15.9 Å². The van der Waals surface area contributed by atoms with E-state index in [1.54, 1.807) is 4.90 Å². The van der Waals surface area contributed by atoms with E-state index in [0.717, 1.165) is 22.1 Å². The van der Waals surface area contributed by atoms with Gasteiger partial charge in [-0.1, -0.05) is 42.8 Å². The summed E-state index contributed by atoms with van der Waals surface area (Å²) in [6.07, 6.45) is 0. The summed E-state index contributed by atoms with van der Waals surface area (Å²) in [4.78, 5) is 26.3. The van der Waals surface area contributed by atoms with Gasteiger partial charge in [0.1, 0.15) is 0 Å². The minimum atomic E-state index is -0.395. The number of nitrogens with zero attached hydrogens (tertiary/aromatic N) is 1. The third-order valence-corrected chi connectivity index (χ3v) is 4.99. The minimum Gasteiger partial charge on any atom is -0.304 e. The average molecular weight is 352 g/mol. The van der Waals surface area contributed by atoms with Gasteiger partial charge in [0.2, 0.25) is 0 Å². The summed E-state index contributed by atoms with van der Waals surface area (Å²) in [5, 5.41) is 0.800. The lowest BCUT2D eigenvalue weighted by Gasteiger charge is -2.33. The summed E-state index contributed by atoms with van der Waals surface area (Å²) in [7, 11) is 0. The Morgan fingerprint density at radius 3 is 2.33 bits per heavy atom. The molecule has 0 N–H and O–H groups in total. The van der Waals surface area contributed by atoms with Crippen molar-refractivity contribution < 1.29 is 9.59 Å². The molecule has 1 aliphatic rings. The zero-order valence-electron chi connectivity index (χ0n) is 13.3. The van der Waals surface area contributed by atoms with Crippen molar-refractivity contribution in [3.63, 3.8) is 0 Å². The fraction of sp³-hybridized carbons (Fsp3) is 0.529. The second kappa shape index (κ2) is 5.56. The van der Waals surface area contributed by atoms with E-state index in [0.29, 0.717) is 12.1 Å². The SMILES string of the molecule is Cc1cc(C)c2c(c1)C(=O)C(=O)N2CC(CBr)C(C)(C)C. The number of hydrogen-bond donors (Lipinski definition) is 0. The molecule has 4 heteroatoms. The van der Waals surface area contributed by atoms with Gasteiger partial charge < -0.3 is 4.90 Å². The second-order valence-corrected chi connectivity index (χ2v) is 7.59. The predicted molar refractivity (Wildman–Crippen MR) is 89.3 cm³/mol. The third-order valence-electron chi connectivity index (χ3n) is 4.21. The zero-order chi connectivity index (χ0) is 15.9. The maximum atomic E-state index is 12.4. The fourth-order valence-electron chi connectivity index (χ4n) is 2.78. The maximum absolute atomic E-state index is 12.4. The van der Waals surface area contributed by atoms with E-state index in [2.05, 4.69) is 36.7 Å². The van der Waals surface area contributed by atoms with E-state index in [-0.39, 0.29) is 17.1 Å². The number of fused-ring (bicyclic) bond motifs is 1. The molecule has 0 aromatic heterocycles. The Bertz CT molecular complexity index is 602. The molecule has 1 unspecified atom stereocenters. The standard InChI is InChI=1S/C17H22BrNO2/c1-10-6-11(2)14-13(7-10)15(20)16(21)19(14)9-12(8-18)17(3,4)5/h6-7,12H,8-9H2,1-5H3. The molecule has 1 heterocycles. The summed E-state index contributed by atoms with van der Waals surface area (Å²) < 4.78 is 0. The molecule has 114 valence electrons. The number of ketones is 1. The Labute approximate surface area is 134 Å². The lowest BCUT2D eigenvalue weighted by Crippen LogP contribution is -2.39. The topological polar surface area (TPSA) is 37.4 Å². The number of benzene rings is 1. The smallest absolute Gasteiger partial charge is 0.299 e. The molecule has 1 atom stereocenters. The van der Waals surface area contributed by atoms with Crippen molar-refractivity contribution in [1.29, 1.82) is 0 Å². The molecule has 0 radical (unpaired) electrons. The molecule has 0 spiro atoms. The van der Waals surface area contributed by atoms with Crippen molar-refractivity contribution in [2.45, 2.75) is 34.6 Å². The molecule has 0 aliphatic carbocycles. The molecule has 0 fully saturated rings. The Kier molecular flexibility index (Phi) is 4.29. The largest absolute Gasteiger partial charge is 0.304 e. The Morgan fingerprint density at radius 1 is 1.19 bits per heavy atom. The lowest BCUT2D eigenvalue weighted by atomic mass is 9.81. The van der Waals surface area contributed by atoms with Gasteiger partial charge in [-0.15, -0.1) is 0 Å². The molecular weight excluding hydrogens is 330 g/mol. The van der Waals surface area contributed by atoms with Gasteiger partial charge in [0.25, 0.3) is 11.7 Å². The molecular formula is C17H22BrNO2. The van der Waals surface area contributed by atoms with Crippen LogP contribution in [-0.2, 0) is 4.79 Å². The van der Waals surface area contributed by atoms with E-state index in [1.807, 2.05) is 26.0 Å². The van der Waals surface area contributed by atoms with Crippen molar-refractivity contribution in [2.75, 3.05) is 16.8 Å². The summed E-state index contributed by atoms with van der Waals surface area (Å²) in [5.74, 6) is -0.492. The Hall–Kier alpha value is -1.16. The van der Waals surface area contributed by atoms with Crippen molar-refractivity contribution in [3.8, 4) is 0 Å². The quantitative estimate of drug-likeness (QED) is 0.611. The summed E-state index contributed by atoms with van der Waals surface area (Å²) in [5.41, 5.74) is 3.42. The summed E-state index contributed by atoms with van der Waals surface area (Å²) in [6.45, 7) is 10.9. The van der Waals surface area contributed by atoms with Crippen LogP contribution in [0.25, 0.3) is 0 Å². The number of carbonyl (C=O) groups is 2. The number of hydrogen-bond acceptors (Lipinski definition) is 2. The number of Topliss-reactive ketones (excluding diaryl/α,β-unsaturated/α-hetero) is 1. The van der Waals surface area contributed by atoms with Crippen molar-refractivity contribution >= 4 is 33.3 Å². The van der Waals surface area contributed by atoms with Crippen molar-refractivity contribution in [3.05, 3.63) is 28.8 Å². The molecule has 1 aromatic carbocycles. The Balaban J connectivity index is 2.44. The van der Waals surface area contributed by atoms with E-state index < -0.39 is 5.91 Å². The van der Waals surface area contributed by atoms with Gasteiger partial charge >= 0.3 is 0 Å². The molecule has 1 aromatic rings. The van der Waals surface area contributed by atoms with Crippen LogP contribution in [0.15, 0.2) is 12.1 Å². The molecule has 0 bridgehead atoms. The maximum Gasteiger partial charge on any atom is 0.299 e. The number of rotatable bonds is 3. The number of halogens is 1. The highest BCUT2D eigenvalue weighted by molar-refractivity contribution is 9.09. The molecule has 2 rings (SSSR count). The number of anilines is 1. The van der Waals surface area contributed by atoms with Crippen LogP contribution in [0.1, 0.15) is 42.3 Å².